The van der Waals surface area contributed by atoms with E-state index in [4.69, 9.17) is 0 Å². The van der Waals surface area contributed by atoms with Crippen LogP contribution in [0, 0.1) is 6.92 Å². The molecule has 0 radical (unpaired) electrons. The Kier molecular flexibility index (Phi) is 3.27. The van der Waals surface area contributed by atoms with E-state index in [-0.39, 0.29) is 5.91 Å². The van der Waals surface area contributed by atoms with Crippen LogP contribution in [-0.4, -0.2) is 15.4 Å². The Morgan fingerprint density at radius 3 is 2.48 bits per heavy atom. The Hall–Kier alpha value is -2.81. The lowest BCUT2D eigenvalue weighted by Gasteiger charge is -2.20. The Bertz CT molecular complexity index is 864. The second-order valence-corrected chi connectivity index (χ2v) is 5.97. The summed E-state index contributed by atoms with van der Waals surface area (Å²) >= 11 is 0. The van der Waals surface area contributed by atoms with Crippen LogP contribution in [0.3, 0.4) is 0 Å². The van der Waals surface area contributed by atoms with E-state index < -0.39 is 0 Å². The summed E-state index contributed by atoms with van der Waals surface area (Å²) in [4.78, 5) is 15.0. The molecule has 1 aromatic heterocycles. The number of amides is 1. The smallest absolute Gasteiger partial charge is 0.256 e. The molecule has 3 aromatic rings. The van der Waals surface area contributed by atoms with Gasteiger partial charge < -0.3 is 9.47 Å². The van der Waals surface area contributed by atoms with E-state index in [0.29, 0.717) is 13.1 Å². The third-order valence-electron chi connectivity index (χ3n) is 4.39. The predicted molar refractivity (Wildman–Crippen MR) is 90.5 cm³/mol. The zero-order chi connectivity index (χ0) is 15.8. The van der Waals surface area contributed by atoms with E-state index in [0.717, 1.165) is 28.2 Å². The summed E-state index contributed by atoms with van der Waals surface area (Å²) in [6.07, 6.45) is 0. The van der Waals surface area contributed by atoms with Gasteiger partial charge in [0.25, 0.3) is 5.91 Å². The fourth-order valence-corrected chi connectivity index (χ4v) is 3.28. The number of nitrogens with zero attached hydrogens (tertiary/aromatic N) is 2. The molecule has 2 heterocycles. The van der Waals surface area contributed by atoms with Crippen LogP contribution in [0.1, 0.15) is 27.3 Å². The van der Waals surface area contributed by atoms with Gasteiger partial charge >= 0.3 is 0 Å². The van der Waals surface area contributed by atoms with E-state index in [1.165, 1.54) is 0 Å². The van der Waals surface area contributed by atoms with Gasteiger partial charge in [0.15, 0.2) is 0 Å². The maximum absolute atomic E-state index is 13.0. The van der Waals surface area contributed by atoms with Crippen molar-refractivity contribution in [2.45, 2.75) is 20.0 Å². The van der Waals surface area contributed by atoms with Crippen LogP contribution in [0.25, 0.3) is 5.69 Å². The minimum absolute atomic E-state index is 0.0903. The first-order chi connectivity index (χ1) is 11.2. The summed E-state index contributed by atoms with van der Waals surface area (Å²) in [5, 5.41) is 0. The van der Waals surface area contributed by atoms with E-state index in [1.807, 2.05) is 47.4 Å². The predicted octanol–water partition coefficient (Wildman–Crippen LogP) is 3.94. The van der Waals surface area contributed by atoms with Crippen molar-refractivity contribution in [1.29, 1.82) is 0 Å². The van der Waals surface area contributed by atoms with Crippen molar-refractivity contribution >= 4 is 5.91 Å². The van der Waals surface area contributed by atoms with Crippen molar-refractivity contribution in [3.63, 3.8) is 0 Å². The highest BCUT2D eigenvalue weighted by molar-refractivity contribution is 5.98. The van der Waals surface area contributed by atoms with Crippen LogP contribution >= 0.6 is 0 Å². The Morgan fingerprint density at radius 1 is 0.913 bits per heavy atom. The van der Waals surface area contributed by atoms with E-state index in [1.54, 1.807) is 0 Å². The summed E-state index contributed by atoms with van der Waals surface area (Å²) in [6.45, 7) is 3.33. The minimum Gasteiger partial charge on any atom is -0.328 e. The molecule has 0 bridgehead atoms. The number of carbonyl (C=O) groups is 1. The molecular weight excluding hydrogens is 284 g/mol. The highest BCUT2D eigenvalue weighted by atomic mass is 16.2. The van der Waals surface area contributed by atoms with Crippen molar-refractivity contribution in [2.75, 3.05) is 0 Å². The number of benzene rings is 2. The average Bonchev–Trinajstić information content (AvgIpc) is 2.89. The number of fused-ring (bicyclic) bond motifs is 3. The van der Waals surface area contributed by atoms with Gasteiger partial charge in [-0.3, -0.25) is 4.79 Å². The third-order valence-corrected chi connectivity index (χ3v) is 4.39. The Labute approximate surface area is 135 Å². The van der Waals surface area contributed by atoms with Crippen molar-refractivity contribution < 1.29 is 4.79 Å². The molecule has 3 nitrogen and oxygen atoms in total. The van der Waals surface area contributed by atoms with Crippen molar-refractivity contribution in [2.24, 2.45) is 0 Å². The second kappa shape index (κ2) is 5.43. The number of hydrogen-bond donors (Lipinski definition) is 0. The van der Waals surface area contributed by atoms with Gasteiger partial charge in [-0.25, -0.2) is 0 Å². The number of aromatic nitrogens is 1. The molecule has 0 fully saturated rings. The highest BCUT2D eigenvalue weighted by Gasteiger charge is 2.26. The summed E-state index contributed by atoms with van der Waals surface area (Å²) in [5.74, 6) is 0.0903. The van der Waals surface area contributed by atoms with E-state index >= 15 is 0 Å². The fourth-order valence-electron chi connectivity index (χ4n) is 3.28. The second-order valence-electron chi connectivity index (χ2n) is 5.97. The molecule has 2 aromatic carbocycles. The standard InChI is InChI=1S/C20H18N2O/c1-15-11-12-17-14-21(13-16-7-3-2-4-8-16)20(23)18-9-5-6-10-19(18)22(15)17/h2-12H,13-14H2,1H3. The van der Waals surface area contributed by atoms with Gasteiger partial charge in [-0.15, -0.1) is 0 Å². The number of carbonyl (C=O) groups excluding carboxylic acids is 1. The molecule has 0 saturated carbocycles. The molecule has 0 spiro atoms. The van der Waals surface area contributed by atoms with Crippen molar-refractivity contribution in [3.8, 4) is 5.69 Å². The topological polar surface area (TPSA) is 25.2 Å². The molecule has 114 valence electrons. The first-order valence-electron chi connectivity index (χ1n) is 7.84. The molecular formula is C20H18N2O. The highest BCUT2D eigenvalue weighted by Crippen LogP contribution is 2.27. The van der Waals surface area contributed by atoms with Gasteiger partial charge in [0.2, 0.25) is 0 Å². The van der Waals surface area contributed by atoms with Gasteiger partial charge in [0, 0.05) is 17.9 Å². The quantitative estimate of drug-likeness (QED) is 0.704. The van der Waals surface area contributed by atoms with Crippen LogP contribution in [0.15, 0.2) is 66.7 Å². The molecule has 3 heteroatoms. The molecule has 23 heavy (non-hydrogen) atoms. The summed E-state index contributed by atoms with van der Waals surface area (Å²) in [7, 11) is 0. The Morgan fingerprint density at radius 2 is 1.65 bits per heavy atom. The lowest BCUT2D eigenvalue weighted by atomic mass is 10.1. The molecule has 0 aliphatic carbocycles. The minimum atomic E-state index is 0.0903. The molecule has 1 aliphatic heterocycles. The van der Waals surface area contributed by atoms with E-state index in [9.17, 15) is 4.79 Å². The number of hydrogen-bond acceptors (Lipinski definition) is 1. The largest absolute Gasteiger partial charge is 0.328 e. The first kappa shape index (κ1) is 13.8. The maximum atomic E-state index is 13.0. The molecule has 4 rings (SSSR count). The summed E-state index contributed by atoms with van der Waals surface area (Å²) in [6, 6.07) is 22.2. The van der Waals surface area contributed by atoms with Gasteiger partial charge in [-0.05, 0) is 36.8 Å². The first-order valence-corrected chi connectivity index (χ1v) is 7.84. The number of para-hydroxylation sites is 1. The monoisotopic (exact) mass is 302 g/mol. The number of rotatable bonds is 2. The zero-order valence-corrected chi connectivity index (χ0v) is 13.1. The van der Waals surface area contributed by atoms with Crippen LogP contribution < -0.4 is 0 Å². The number of aryl methyl sites for hydroxylation is 1. The van der Waals surface area contributed by atoms with Gasteiger partial charge in [-0.2, -0.15) is 0 Å². The molecule has 0 N–H and O–H groups in total. The molecule has 0 saturated heterocycles. The maximum Gasteiger partial charge on any atom is 0.256 e. The fraction of sp³-hybridized carbons (Fsp3) is 0.150. The van der Waals surface area contributed by atoms with Gasteiger partial charge in [-0.1, -0.05) is 42.5 Å². The van der Waals surface area contributed by atoms with Crippen molar-refractivity contribution in [1.82, 2.24) is 9.47 Å². The molecule has 1 amide bonds. The van der Waals surface area contributed by atoms with Crippen LogP contribution in [0.2, 0.25) is 0 Å². The SMILES string of the molecule is Cc1ccc2n1-c1ccccc1C(=O)N(Cc1ccccc1)C2. The molecule has 1 aliphatic rings. The van der Waals surface area contributed by atoms with Crippen LogP contribution in [0.4, 0.5) is 0 Å². The molecule has 0 atom stereocenters. The molecule has 0 unspecified atom stereocenters. The summed E-state index contributed by atoms with van der Waals surface area (Å²) < 4.78 is 2.19. The van der Waals surface area contributed by atoms with Crippen LogP contribution in [-0.2, 0) is 13.1 Å². The van der Waals surface area contributed by atoms with Gasteiger partial charge in [0.05, 0.1) is 17.8 Å². The summed E-state index contributed by atoms with van der Waals surface area (Å²) in [5.41, 5.74) is 5.20. The lowest BCUT2D eigenvalue weighted by Crippen LogP contribution is -2.29. The van der Waals surface area contributed by atoms with Crippen molar-refractivity contribution in [3.05, 3.63) is 89.2 Å². The third kappa shape index (κ3) is 2.34. The Balaban J connectivity index is 1.82. The zero-order valence-electron chi connectivity index (χ0n) is 13.1. The lowest BCUT2D eigenvalue weighted by molar-refractivity contribution is 0.0733. The van der Waals surface area contributed by atoms with Crippen LogP contribution in [0.5, 0.6) is 0 Å². The average molecular weight is 302 g/mol. The van der Waals surface area contributed by atoms with Gasteiger partial charge in [0.1, 0.15) is 0 Å². The normalized spacial score (nSPS) is 13.4. The van der Waals surface area contributed by atoms with E-state index in [2.05, 4.69) is 35.8 Å².